The molecule has 0 saturated carbocycles. The fourth-order valence-electron chi connectivity index (χ4n) is 0.798. The van der Waals surface area contributed by atoms with Gasteiger partial charge in [0.25, 0.3) is 5.91 Å². The number of hydrogen-bond acceptors (Lipinski definition) is 4. The van der Waals surface area contributed by atoms with Crippen molar-refractivity contribution >= 4 is 5.91 Å². The predicted octanol–water partition coefficient (Wildman–Crippen LogP) is -0.416. The van der Waals surface area contributed by atoms with Gasteiger partial charge in [0.15, 0.2) is 0 Å². The minimum Gasteiger partial charge on any atom is -0.275 e. The summed E-state index contributed by atoms with van der Waals surface area (Å²) in [4.78, 5) is 25.1. The zero-order valence-corrected chi connectivity index (χ0v) is 6.57. The van der Waals surface area contributed by atoms with Crippen molar-refractivity contribution in [2.45, 2.75) is 0 Å². The quantitative estimate of drug-likeness (QED) is 0.408. The SMILES string of the molecule is CON(C)C(=O)C1COOC1. The van der Waals surface area contributed by atoms with Gasteiger partial charge in [-0.1, -0.05) is 0 Å². The first-order chi connectivity index (χ1) is 5.25. The summed E-state index contributed by atoms with van der Waals surface area (Å²) in [6.07, 6.45) is 0. The van der Waals surface area contributed by atoms with Crippen LogP contribution in [-0.2, 0) is 19.4 Å². The van der Waals surface area contributed by atoms with Crippen LogP contribution in [0.25, 0.3) is 0 Å². The standard InChI is InChI=1S/C6H11NO4/c1-7(9-2)6(8)5-3-10-11-4-5/h5H,3-4H2,1-2H3. The molecule has 11 heavy (non-hydrogen) atoms. The molecule has 1 fully saturated rings. The lowest BCUT2D eigenvalue weighted by Crippen LogP contribution is -2.33. The van der Waals surface area contributed by atoms with E-state index in [1.165, 1.54) is 12.2 Å². The van der Waals surface area contributed by atoms with Gasteiger partial charge in [0.1, 0.15) is 0 Å². The molecule has 0 atom stereocenters. The Morgan fingerprint density at radius 2 is 2.09 bits per heavy atom. The lowest BCUT2D eigenvalue weighted by Gasteiger charge is -2.15. The van der Waals surface area contributed by atoms with Crippen LogP contribution in [0.4, 0.5) is 0 Å². The Balaban J connectivity index is 2.39. The Bertz CT molecular complexity index is 144. The number of hydroxylamine groups is 2. The van der Waals surface area contributed by atoms with E-state index in [2.05, 4.69) is 9.78 Å². The smallest absolute Gasteiger partial charge is 0.253 e. The van der Waals surface area contributed by atoms with Crippen molar-refractivity contribution in [1.82, 2.24) is 5.06 Å². The molecule has 0 aromatic heterocycles. The monoisotopic (exact) mass is 161 g/mol. The minimum atomic E-state index is -0.222. The van der Waals surface area contributed by atoms with Crippen LogP contribution in [0.15, 0.2) is 0 Å². The van der Waals surface area contributed by atoms with Gasteiger partial charge in [-0.2, -0.15) is 0 Å². The summed E-state index contributed by atoms with van der Waals surface area (Å²) >= 11 is 0. The molecule has 0 N–H and O–H groups in total. The maximum Gasteiger partial charge on any atom is 0.253 e. The van der Waals surface area contributed by atoms with Crippen LogP contribution in [0.5, 0.6) is 0 Å². The van der Waals surface area contributed by atoms with Gasteiger partial charge in [-0.25, -0.2) is 14.8 Å². The van der Waals surface area contributed by atoms with E-state index in [4.69, 9.17) is 4.84 Å². The highest BCUT2D eigenvalue weighted by atomic mass is 17.2. The van der Waals surface area contributed by atoms with Gasteiger partial charge in [0, 0.05) is 7.05 Å². The van der Waals surface area contributed by atoms with E-state index in [1.54, 1.807) is 7.05 Å². The number of carbonyl (C=O) groups is 1. The molecule has 64 valence electrons. The van der Waals surface area contributed by atoms with Gasteiger partial charge in [-0.05, 0) is 0 Å². The molecule has 1 saturated heterocycles. The van der Waals surface area contributed by atoms with Crippen molar-refractivity contribution in [3.8, 4) is 0 Å². The van der Waals surface area contributed by atoms with Crippen LogP contribution < -0.4 is 0 Å². The molecule has 0 unspecified atom stereocenters. The maximum atomic E-state index is 11.2. The van der Waals surface area contributed by atoms with E-state index in [1.807, 2.05) is 0 Å². The first-order valence-electron chi connectivity index (χ1n) is 3.31. The summed E-state index contributed by atoms with van der Waals surface area (Å²) in [6.45, 7) is 0.624. The second-order valence-corrected chi connectivity index (χ2v) is 2.28. The van der Waals surface area contributed by atoms with Crippen LogP contribution in [0.3, 0.4) is 0 Å². The van der Waals surface area contributed by atoms with Crippen molar-refractivity contribution in [2.24, 2.45) is 5.92 Å². The first-order valence-corrected chi connectivity index (χ1v) is 3.31. The molecular weight excluding hydrogens is 150 g/mol. The van der Waals surface area contributed by atoms with Gasteiger partial charge >= 0.3 is 0 Å². The van der Waals surface area contributed by atoms with Gasteiger partial charge in [-0.15, -0.1) is 0 Å². The molecule has 1 aliphatic rings. The van der Waals surface area contributed by atoms with Crippen molar-refractivity contribution in [3.05, 3.63) is 0 Å². The highest BCUT2D eigenvalue weighted by Crippen LogP contribution is 2.10. The van der Waals surface area contributed by atoms with Crippen molar-refractivity contribution in [3.63, 3.8) is 0 Å². The third kappa shape index (κ3) is 1.89. The summed E-state index contributed by atoms with van der Waals surface area (Å²) in [5.41, 5.74) is 0. The number of carbonyl (C=O) groups excluding carboxylic acids is 1. The van der Waals surface area contributed by atoms with Gasteiger partial charge in [-0.3, -0.25) is 9.63 Å². The average molecular weight is 161 g/mol. The lowest BCUT2D eigenvalue weighted by atomic mass is 10.2. The van der Waals surface area contributed by atoms with E-state index < -0.39 is 0 Å². The second kappa shape index (κ2) is 3.66. The molecule has 1 aliphatic heterocycles. The molecule has 0 bridgehead atoms. The largest absolute Gasteiger partial charge is 0.275 e. The molecule has 1 heterocycles. The highest BCUT2D eigenvalue weighted by Gasteiger charge is 2.27. The Hall–Kier alpha value is -0.650. The average Bonchev–Trinajstić information content (AvgIpc) is 2.53. The molecule has 0 aliphatic carbocycles. The van der Waals surface area contributed by atoms with E-state index >= 15 is 0 Å². The van der Waals surface area contributed by atoms with Crippen molar-refractivity contribution < 1.29 is 19.4 Å². The van der Waals surface area contributed by atoms with E-state index in [9.17, 15) is 4.79 Å². The fraction of sp³-hybridized carbons (Fsp3) is 0.833. The minimum absolute atomic E-state index is 0.120. The summed E-state index contributed by atoms with van der Waals surface area (Å²) in [5.74, 6) is -0.343. The molecule has 5 heteroatoms. The van der Waals surface area contributed by atoms with Gasteiger partial charge < -0.3 is 0 Å². The molecule has 0 aromatic carbocycles. The Labute approximate surface area is 64.7 Å². The maximum absolute atomic E-state index is 11.2. The van der Waals surface area contributed by atoms with Crippen LogP contribution >= 0.6 is 0 Å². The highest BCUT2D eigenvalue weighted by molar-refractivity contribution is 5.77. The zero-order chi connectivity index (χ0) is 8.27. The predicted molar refractivity (Wildman–Crippen MR) is 35.2 cm³/mol. The molecule has 1 amide bonds. The van der Waals surface area contributed by atoms with Gasteiger partial charge in [0.2, 0.25) is 0 Å². The zero-order valence-electron chi connectivity index (χ0n) is 6.57. The van der Waals surface area contributed by atoms with E-state index in [0.29, 0.717) is 13.2 Å². The summed E-state index contributed by atoms with van der Waals surface area (Å²) in [7, 11) is 3.00. The van der Waals surface area contributed by atoms with E-state index in [0.717, 1.165) is 0 Å². The summed E-state index contributed by atoms with van der Waals surface area (Å²) in [5, 5.41) is 1.17. The van der Waals surface area contributed by atoms with Crippen LogP contribution in [0.2, 0.25) is 0 Å². The van der Waals surface area contributed by atoms with Crippen LogP contribution in [-0.4, -0.2) is 38.3 Å². The number of amides is 1. The number of nitrogens with zero attached hydrogens (tertiary/aromatic N) is 1. The van der Waals surface area contributed by atoms with Gasteiger partial charge in [0.05, 0.1) is 26.2 Å². The third-order valence-electron chi connectivity index (χ3n) is 1.56. The normalized spacial score (nSPS) is 18.7. The molecule has 5 nitrogen and oxygen atoms in total. The number of hydrogen-bond donors (Lipinski definition) is 0. The summed E-state index contributed by atoms with van der Waals surface area (Å²) in [6, 6.07) is 0. The summed E-state index contributed by atoms with van der Waals surface area (Å²) < 4.78 is 0. The van der Waals surface area contributed by atoms with Crippen molar-refractivity contribution in [1.29, 1.82) is 0 Å². The third-order valence-corrected chi connectivity index (χ3v) is 1.56. The second-order valence-electron chi connectivity index (χ2n) is 2.28. The Morgan fingerprint density at radius 1 is 1.55 bits per heavy atom. The molecule has 1 rings (SSSR count). The lowest BCUT2D eigenvalue weighted by molar-refractivity contribution is -0.248. The first kappa shape index (κ1) is 8.45. The van der Waals surface area contributed by atoms with Crippen LogP contribution in [0.1, 0.15) is 0 Å². The van der Waals surface area contributed by atoms with E-state index in [-0.39, 0.29) is 11.8 Å². The molecule has 0 radical (unpaired) electrons. The Morgan fingerprint density at radius 3 is 2.55 bits per heavy atom. The van der Waals surface area contributed by atoms with Crippen molar-refractivity contribution in [2.75, 3.05) is 27.4 Å². The number of rotatable bonds is 2. The topological polar surface area (TPSA) is 48.0 Å². The van der Waals surface area contributed by atoms with Crippen LogP contribution in [0, 0.1) is 5.92 Å². The molecule has 0 aromatic rings. The molecular formula is C6H11NO4. The molecule has 0 spiro atoms. The fourth-order valence-corrected chi connectivity index (χ4v) is 0.798. The Kier molecular flexibility index (Phi) is 2.81.